The number of aliphatic imine (C=N–C) groups is 1. The molecule has 2 N–H and O–H groups in total. The molecule has 0 spiro atoms. The van der Waals surface area contributed by atoms with Gasteiger partial charge in [0, 0.05) is 38.7 Å². The van der Waals surface area contributed by atoms with Gasteiger partial charge in [-0.2, -0.15) is 13.2 Å². The summed E-state index contributed by atoms with van der Waals surface area (Å²) < 4.78 is 43.0. The first-order valence-corrected chi connectivity index (χ1v) is 9.96. The summed E-state index contributed by atoms with van der Waals surface area (Å²) in [5.74, 6) is 2.30. The fourth-order valence-corrected chi connectivity index (χ4v) is 2.91. The molecule has 178 valence electrons. The monoisotopic (exact) mass is 574 g/mol. The van der Waals surface area contributed by atoms with Crippen molar-refractivity contribution in [2.24, 2.45) is 4.99 Å². The summed E-state index contributed by atoms with van der Waals surface area (Å²) in [6, 6.07) is 11.1. The molecule has 0 saturated carbocycles. The number of guanidine groups is 1. The summed E-state index contributed by atoms with van der Waals surface area (Å²) in [5, 5.41) is 6.43. The Kier molecular flexibility index (Phi) is 10.1. The topological polar surface area (TPSA) is 76.4 Å². The fourth-order valence-electron chi connectivity index (χ4n) is 2.91. The zero-order valence-electron chi connectivity index (χ0n) is 18.3. The highest BCUT2D eigenvalue weighted by molar-refractivity contribution is 14.0. The molecule has 0 atom stereocenters. The van der Waals surface area contributed by atoms with Gasteiger partial charge in [0.15, 0.2) is 5.96 Å². The number of pyridine rings is 1. The number of nitrogens with one attached hydrogen (secondary N) is 2. The van der Waals surface area contributed by atoms with Gasteiger partial charge in [-0.3, -0.25) is 9.56 Å². The minimum absolute atomic E-state index is 0. The van der Waals surface area contributed by atoms with Crippen molar-refractivity contribution in [1.29, 1.82) is 0 Å². The lowest BCUT2D eigenvalue weighted by atomic mass is 10.1. The molecule has 2 heterocycles. The maximum atomic E-state index is 12.1. The molecule has 0 aliphatic heterocycles. The first kappa shape index (κ1) is 26.6. The van der Waals surface area contributed by atoms with Crippen LogP contribution in [0.3, 0.4) is 0 Å². The Morgan fingerprint density at radius 1 is 1.00 bits per heavy atom. The predicted octanol–water partition coefficient (Wildman–Crippen LogP) is 4.14. The molecule has 0 aliphatic rings. The van der Waals surface area contributed by atoms with Gasteiger partial charge < -0.3 is 15.4 Å². The lowest BCUT2D eigenvalue weighted by Crippen LogP contribution is -2.36. The Labute approximate surface area is 207 Å². The van der Waals surface area contributed by atoms with E-state index in [4.69, 9.17) is 0 Å². The van der Waals surface area contributed by atoms with Gasteiger partial charge in [-0.25, -0.2) is 9.97 Å². The minimum Gasteiger partial charge on any atom is -0.367 e. The second-order valence-electron chi connectivity index (χ2n) is 7.07. The van der Waals surface area contributed by atoms with Crippen LogP contribution in [0.4, 0.5) is 13.2 Å². The Morgan fingerprint density at radius 3 is 2.18 bits per heavy atom. The van der Waals surface area contributed by atoms with E-state index < -0.39 is 12.8 Å². The van der Waals surface area contributed by atoms with E-state index in [2.05, 4.69) is 30.3 Å². The number of imidazole rings is 1. The largest absolute Gasteiger partial charge is 0.411 e. The quantitative estimate of drug-likeness (QED) is 0.241. The summed E-state index contributed by atoms with van der Waals surface area (Å²) in [4.78, 5) is 12.9. The van der Waals surface area contributed by atoms with E-state index in [9.17, 15) is 13.2 Å². The number of aryl methyl sites for hydroxylation is 1. The number of halogens is 4. The number of rotatable bonds is 8. The second-order valence-corrected chi connectivity index (χ2v) is 7.07. The molecular weight excluding hydrogens is 548 g/mol. The lowest BCUT2D eigenvalue weighted by Gasteiger charge is -2.13. The fraction of sp³-hybridized carbons (Fsp3) is 0.318. The Hall–Kier alpha value is -2.67. The van der Waals surface area contributed by atoms with Crippen LogP contribution in [-0.4, -0.2) is 40.3 Å². The van der Waals surface area contributed by atoms with Gasteiger partial charge in [0.25, 0.3) is 0 Å². The van der Waals surface area contributed by atoms with Gasteiger partial charge in [-0.05, 0) is 29.7 Å². The maximum Gasteiger partial charge on any atom is 0.411 e. The molecule has 0 aliphatic carbocycles. The predicted molar refractivity (Wildman–Crippen MR) is 131 cm³/mol. The van der Waals surface area contributed by atoms with Crippen LogP contribution in [0.2, 0.25) is 0 Å². The Balaban J connectivity index is 0.00000385. The smallest absolute Gasteiger partial charge is 0.367 e. The number of aromatic nitrogens is 3. The first-order valence-electron chi connectivity index (χ1n) is 9.96. The highest BCUT2D eigenvalue weighted by Crippen LogP contribution is 2.16. The van der Waals surface area contributed by atoms with Crippen LogP contribution in [0.25, 0.3) is 5.82 Å². The average Bonchev–Trinajstić information content (AvgIpc) is 3.20. The van der Waals surface area contributed by atoms with Gasteiger partial charge in [-0.1, -0.05) is 30.3 Å². The number of ether oxygens (including phenoxy) is 1. The van der Waals surface area contributed by atoms with Crippen molar-refractivity contribution in [2.75, 3.05) is 13.7 Å². The third kappa shape index (κ3) is 8.65. The van der Waals surface area contributed by atoms with Crippen LogP contribution in [0.5, 0.6) is 0 Å². The highest BCUT2D eigenvalue weighted by atomic mass is 127. The van der Waals surface area contributed by atoms with Crippen molar-refractivity contribution in [3.05, 3.63) is 77.5 Å². The van der Waals surface area contributed by atoms with E-state index in [0.717, 1.165) is 22.8 Å². The molecule has 0 amide bonds. The number of hydrogen-bond donors (Lipinski definition) is 2. The summed E-state index contributed by atoms with van der Waals surface area (Å²) in [5.41, 5.74) is 2.65. The van der Waals surface area contributed by atoms with E-state index in [1.54, 1.807) is 31.6 Å². The van der Waals surface area contributed by atoms with Crippen molar-refractivity contribution in [3.8, 4) is 5.82 Å². The minimum atomic E-state index is -4.32. The maximum absolute atomic E-state index is 12.1. The average molecular weight is 574 g/mol. The van der Waals surface area contributed by atoms with E-state index in [1.807, 2.05) is 42.0 Å². The summed E-state index contributed by atoms with van der Waals surface area (Å²) in [6.07, 6.45) is 1.08. The van der Waals surface area contributed by atoms with Gasteiger partial charge in [0.05, 0.1) is 6.61 Å². The number of hydrogen-bond acceptors (Lipinski definition) is 4. The van der Waals surface area contributed by atoms with Crippen LogP contribution in [0.15, 0.2) is 60.0 Å². The summed E-state index contributed by atoms with van der Waals surface area (Å²) >= 11 is 0. The second kappa shape index (κ2) is 12.5. The third-order valence-corrected chi connectivity index (χ3v) is 4.58. The zero-order valence-corrected chi connectivity index (χ0v) is 20.6. The van der Waals surface area contributed by atoms with Crippen LogP contribution >= 0.6 is 24.0 Å². The summed E-state index contributed by atoms with van der Waals surface area (Å²) in [7, 11) is 1.68. The van der Waals surface area contributed by atoms with Gasteiger partial charge >= 0.3 is 6.18 Å². The molecule has 7 nitrogen and oxygen atoms in total. The standard InChI is InChI=1S/C22H25F3N6O.HI/c1-16-27-9-10-31(16)20-8-7-19(12-28-20)13-30-21(26-2)29-11-17-3-5-18(6-4-17)14-32-15-22(23,24)25;/h3-10,12H,11,13-15H2,1-2H3,(H2,26,29,30);1H. The van der Waals surface area contributed by atoms with E-state index >= 15 is 0 Å². The number of nitrogens with zero attached hydrogens (tertiary/aromatic N) is 4. The number of alkyl halides is 3. The molecule has 0 unspecified atom stereocenters. The van der Waals surface area contributed by atoms with Crippen LogP contribution in [-0.2, 0) is 24.4 Å². The molecule has 0 bridgehead atoms. The van der Waals surface area contributed by atoms with Crippen molar-refractivity contribution in [1.82, 2.24) is 25.2 Å². The van der Waals surface area contributed by atoms with Gasteiger partial charge in [-0.15, -0.1) is 24.0 Å². The molecular formula is C22H26F3IN6O. The van der Waals surface area contributed by atoms with Crippen LogP contribution in [0, 0.1) is 6.92 Å². The van der Waals surface area contributed by atoms with Crippen LogP contribution < -0.4 is 10.6 Å². The normalized spacial score (nSPS) is 11.7. The van der Waals surface area contributed by atoms with Crippen molar-refractivity contribution >= 4 is 29.9 Å². The van der Waals surface area contributed by atoms with E-state index in [-0.39, 0.29) is 30.6 Å². The van der Waals surface area contributed by atoms with Gasteiger partial charge in [0.1, 0.15) is 18.2 Å². The molecule has 0 radical (unpaired) electrons. The Bertz CT molecular complexity index is 1020. The zero-order chi connectivity index (χ0) is 23.0. The molecule has 11 heteroatoms. The molecule has 2 aromatic heterocycles. The summed E-state index contributed by atoms with van der Waals surface area (Å²) in [6.45, 7) is 1.65. The first-order chi connectivity index (χ1) is 15.3. The van der Waals surface area contributed by atoms with Crippen molar-refractivity contribution in [2.45, 2.75) is 32.8 Å². The van der Waals surface area contributed by atoms with Crippen molar-refractivity contribution < 1.29 is 17.9 Å². The van der Waals surface area contributed by atoms with E-state index in [1.165, 1.54) is 0 Å². The Morgan fingerprint density at radius 2 is 1.64 bits per heavy atom. The molecule has 33 heavy (non-hydrogen) atoms. The molecule has 3 aromatic rings. The molecule has 0 fully saturated rings. The van der Waals surface area contributed by atoms with E-state index in [0.29, 0.717) is 24.6 Å². The SMILES string of the molecule is CN=C(NCc1ccc(COCC(F)(F)F)cc1)NCc1ccc(-n2ccnc2C)nc1.I. The third-order valence-electron chi connectivity index (χ3n) is 4.58. The van der Waals surface area contributed by atoms with Gasteiger partial charge in [0.2, 0.25) is 0 Å². The molecule has 0 saturated heterocycles. The lowest BCUT2D eigenvalue weighted by molar-refractivity contribution is -0.176. The van der Waals surface area contributed by atoms with Crippen molar-refractivity contribution in [3.63, 3.8) is 0 Å². The highest BCUT2D eigenvalue weighted by Gasteiger charge is 2.27. The molecule has 3 rings (SSSR count). The van der Waals surface area contributed by atoms with Crippen LogP contribution in [0.1, 0.15) is 22.5 Å². The molecule has 1 aromatic carbocycles. The number of benzene rings is 1.